The van der Waals surface area contributed by atoms with Crippen LogP contribution in [0.3, 0.4) is 0 Å². The summed E-state index contributed by atoms with van der Waals surface area (Å²) in [6.45, 7) is 3.81. The minimum Gasteiger partial charge on any atom is -0.363 e. The highest BCUT2D eigenvalue weighted by atomic mass is 16.2. The average molecular weight is 360 g/mol. The van der Waals surface area contributed by atoms with Crippen molar-refractivity contribution in [2.45, 2.75) is 32.5 Å². The fourth-order valence-corrected chi connectivity index (χ4v) is 3.87. The topological polar surface area (TPSA) is 52.2 Å². The van der Waals surface area contributed by atoms with E-state index in [4.69, 9.17) is 0 Å². The van der Waals surface area contributed by atoms with Crippen molar-refractivity contribution in [1.29, 1.82) is 0 Å². The van der Waals surface area contributed by atoms with Crippen LogP contribution in [0, 0.1) is 0 Å². The molecule has 1 aliphatic rings. The zero-order valence-corrected chi connectivity index (χ0v) is 15.5. The third-order valence-corrected chi connectivity index (χ3v) is 5.17. The van der Waals surface area contributed by atoms with E-state index in [0.29, 0.717) is 6.54 Å². The molecule has 0 fully saturated rings. The summed E-state index contributed by atoms with van der Waals surface area (Å²) in [5, 5.41) is 0. The second-order valence-electron chi connectivity index (χ2n) is 7.06. The molecule has 1 N–H and O–H groups in total. The van der Waals surface area contributed by atoms with E-state index in [2.05, 4.69) is 57.3 Å². The van der Waals surface area contributed by atoms with Gasteiger partial charge in [0, 0.05) is 31.9 Å². The number of aromatic nitrogens is 2. The molecule has 0 spiro atoms. The van der Waals surface area contributed by atoms with Crippen molar-refractivity contribution in [2.75, 3.05) is 11.4 Å². The molecule has 1 atom stereocenters. The number of fused-ring (bicyclic) bond motifs is 1. The Kier molecular flexibility index (Phi) is 4.92. The molecule has 1 unspecified atom stereocenters. The third-order valence-electron chi connectivity index (χ3n) is 5.17. The van der Waals surface area contributed by atoms with E-state index < -0.39 is 0 Å². The summed E-state index contributed by atoms with van der Waals surface area (Å²) in [4.78, 5) is 24.3. The molecule has 0 saturated carbocycles. The summed E-state index contributed by atoms with van der Waals surface area (Å²) < 4.78 is 0. The molecule has 0 aliphatic carbocycles. The number of benzene rings is 2. The Balaban J connectivity index is 1.69. The Bertz CT molecular complexity index is 892. The van der Waals surface area contributed by atoms with E-state index in [1.807, 2.05) is 23.2 Å². The van der Waals surface area contributed by atoms with Crippen LogP contribution in [0.25, 0.3) is 0 Å². The number of nitrogens with one attached hydrogen (secondary N) is 1. The first-order valence-corrected chi connectivity index (χ1v) is 9.32. The van der Waals surface area contributed by atoms with Crippen LogP contribution < -0.4 is 4.90 Å². The molecule has 2 heterocycles. The van der Waals surface area contributed by atoms with Crippen LogP contribution in [0.2, 0.25) is 0 Å². The summed E-state index contributed by atoms with van der Waals surface area (Å²) in [5.41, 5.74) is 4.61. The summed E-state index contributed by atoms with van der Waals surface area (Å²) in [7, 11) is 0. The van der Waals surface area contributed by atoms with Gasteiger partial charge in [0.2, 0.25) is 5.91 Å². The molecule has 138 valence electrons. The maximum atomic E-state index is 12.5. The highest BCUT2D eigenvalue weighted by molar-refractivity contribution is 5.74. The van der Waals surface area contributed by atoms with Crippen molar-refractivity contribution in [2.24, 2.45) is 0 Å². The van der Waals surface area contributed by atoms with Crippen molar-refractivity contribution in [3.8, 4) is 0 Å². The van der Waals surface area contributed by atoms with Crippen LogP contribution >= 0.6 is 0 Å². The van der Waals surface area contributed by atoms with Gasteiger partial charge in [0.25, 0.3) is 0 Å². The normalized spacial score (nSPS) is 16.7. The number of anilines is 1. The number of para-hydroxylation sites is 1. The van der Waals surface area contributed by atoms with E-state index in [1.54, 1.807) is 13.3 Å². The molecule has 5 heteroatoms. The molecule has 27 heavy (non-hydrogen) atoms. The fourth-order valence-electron chi connectivity index (χ4n) is 3.87. The lowest BCUT2D eigenvalue weighted by molar-refractivity contribution is -0.131. The van der Waals surface area contributed by atoms with E-state index in [1.165, 1.54) is 16.8 Å². The Morgan fingerprint density at radius 1 is 1.15 bits per heavy atom. The molecule has 1 aliphatic heterocycles. The minimum atomic E-state index is 0.108. The van der Waals surface area contributed by atoms with Gasteiger partial charge < -0.3 is 14.8 Å². The highest BCUT2D eigenvalue weighted by Gasteiger charge is 2.29. The maximum absolute atomic E-state index is 12.5. The third kappa shape index (κ3) is 3.87. The predicted molar refractivity (Wildman–Crippen MR) is 106 cm³/mol. The molecule has 4 rings (SSSR count). The SMILES string of the molecule is CC(=O)N1Cc2ccccc2N(Cc2c[nH]cn2)CC1Cc1ccccc1. The van der Waals surface area contributed by atoms with Crippen LogP contribution in [0.4, 0.5) is 5.69 Å². The first-order valence-electron chi connectivity index (χ1n) is 9.32. The number of hydrogen-bond acceptors (Lipinski definition) is 3. The first-order chi connectivity index (χ1) is 13.2. The lowest BCUT2D eigenvalue weighted by Crippen LogP contribution is -2.44. The lowest BCUT2D eigenvalue weighted by atomic mass is 10.0. The van der Waals surface area contributed by atoms with E-state index in [-0.39, 0.29) is 11.9 Å². The van der Waals surface area contributed by atoms with Crippen LogP contribution in [0.5, 0.6) is 0 Å². The van der Waals surface area contributed by atoms with Crippen molar-refractivity contribution < 1.29 is 4.79 Å². The quantitative estimate of drug-likeness (QED) is 0.776. The van der Waals surface area contributed by atoms with Crippen molar-refractivity contribution in [3.05, 3.63) is 83.9 Å². The van der Waals surface area contributed by atoms with Crippen LogP contribution in [-0.4, -0.2) is 33.4 Å². The van der Waals surface area contributed by atoms with Gasteiger partial charge in [-0.1, -0.05) is 48.5 Å². The second kappa shape index (κ2) is 7.66. The summed E-state index contributed by atoms with van der Waals surface area (Å²) in [6, 6.07) is 18.9. The lowest BCUT2D eigenvalue weighted by Gasteiger charge is -2.32. The second-order valence-corrected chi connectivity index (χ2v) is 7.06. The Morgan fingerprint density at radius 2 is 1.93 bits per heavy atom. The van der Waals surface area contributed by atoms with Gasteiger partial charge in [-0.05, 0) is 23.6 Å². The number of imidazole rings is 1. The molecular weight excluding hydrogens is 336 g/mol. The van der Waals surface area contributed by atoms with Gasteiger partial charge in [0.05, 0.1) is 24.6 Å². The van der Waals surface area contributed by atoms with Crippen LogP contribution in [0.1, 0.15) is 23.7 Å². The van der Waals surface area contributed by atoms with Crippen molar-refractivity contribution in [1.82, 2.24) is 14.9 Å². The Hall–Kier alpha value is -3.08. The van der Waals surface area contributed by atoms with E-state index >= 15 is 0 Å². The molecule has 1 amide bonds. The first kappa shape index (κ1) is 17.3. The molecular formula is C22H24N4O. The molecule has 2 aromatic carbocycles. The standard InChI is InChI=1S/C22H24N4O/c1-17(27)26-13-19-9-5-6-10-22(19)25(14-20-12-23-16-24-20)15-21(26)11-18-7-3-2-4-8-18/h2-10,12,16,21H,11,13-15H2,1H3,(H,23,24). The molecule has 1 aromatic heterocycles. The molecule has 3 aromatic rings. The Labute approximate surface area is 159 Å². The average Bonchev–Trinajstić information content (AvgIpc) is 3.13. The number of H-pyrrole nitrogens is 1. The van der Waals surface area contributed by atoms with Gasteiger partial charge >= 0.3 is 0 Å². The van der Waals surface area contributed by atoms with Gasteiger partial charge in [-0.15, -0.1) is 0 Å². The summed E-state index contributed by atoms with van der Waals surface area (Å²) >= 11 is 0. The number of amides is 1. The van der Waals surface area contributed by atoms with E-state index in [9.17, 15) is 4.79 Å². The molecule has 0 saturated heterocycles. The van der Waals surface area contributed by atoms with Gasteiger partial charge in [-0.2, -0.15) is 0 Å². The maximum Gasteiger partial charge on any atom is 0.220 e. The van der Waals surface area contributed by atoms with E-state index in [0.717, 1.165) is 25.2 Å². The number of carbonyl (C=O) groups excluding carboxylic acids is 1. The van der Waals surface area contributed by atoms with Gasteiger partial charge in [0.15, 0.2) is 0 Å². The minimum absolute atomic E-state index is 0.108. The summed E-state index contributed by atoms with van der Waals surface area (Å²) in [5.74, 6) is 0.118. The van der Waals surface area contributed by atoms with Crippen molar-refractivity contribution >= 4 is 11.6 Å². The van der Waals surface area contributed by atoms with Gasteiger partial charge in [-0.3, -0.25) is 4.79 Å². The number of nitrogens with zero attached hydrogens (tertiary/aromatic N) is 3. The largest absolute Gasteiger partial charge is 0.363 e. The monoisotopic (exact) mass is 360 g/mol. The zero-order chi connectivity index (χ0) is 18.6. The number of hydrogen-bond donors (Lipinski definition) is 1. The fraction of sp³-hybridized carbons (Fsp3) is 0.273. The molecule has 0 bridgehead atoms. The van der Waals surface area contributed by atoms with Gasteiger partial charge in [0.1, 0.15) is 0 Å². The summed E-state index contributed by atoms with van der Waals surface area (Å²) in [6.07, 6.45) is 4.48. The van der Waals surface area contributed by atoms with Crippen molar-refractivity contribution in [3.63, 3.8) is 0 Å². The van der Waals surface area contributed by atoms with Crippen LogP contribution in [0.15, 0.2) is 67.1 Å². The number of aromatic amines is 1. The number of rotatable bonds is 4. The number of carbonyl (C=O) groups is 1. The molecule has 0 radical (unpaired) electrons. The predicted octanol–water partition coefficient (Wildman–Crippen LogP) is 3.39. The Morgan fingerprint density at radius 3 is 2.67 bits per heavy atom. The zero-order valence-electron chi connectivity index (χ0n) is 15.5. The van der Waals surface area contributed by atoms with Crippen LogP contribution in [-0.2, 0) is 24.3 Å². The van der Waals surface area contributed by atoms with Gasteiger partial charge in [-0.25, -0.2) is 4.98 Å². The smallest absolute Gasteiger partial charge is 0.220 e. The molecule has 5 nitrogen and oxygen atoms in total. The highest BCUT2D eigenvalue weighted by Crippen LogP contribution is 2.29.